The van der Waals surface area contributed by atoms with Gasteiger partial charge in [-0.1, -0.05) is 33.8 Å². The van der Waals surface area contributed by atoms with E-state index in [2.05, 4.69) is 5.32 Å². The molecule has 0 spiro atoms. The zero-order valence-corrected chi connectivity index (χ0v) is 20.0. The first-order chi connectivity index (χ1) is 15.1. The van der Waals surface area contributed by atoms with E-state index in [0.717, 1.165) is 0 Å². The topological polar surface area (TPSA) is 94.2 Å². The zero-order valence-electron chi connectivity index (χ0n) is 20.0. The van der Waals surface area contributed by atoms with E-state index in [0.29, 0.717) is 28.1 Å². The lowest BCUT2D eigenvalue weighted by molar-refractivity contribution is -0.141. The molecule has 0 unspecified atom stereocenters. The Hall–Kier alpha value is -3.03. The van der Waals surface area contributed by atoms with Crippen LogP contribution in [0, 0.1) is 17.8 Å². The van der Waals surface area contributed by atoms with Crippen LogP contribution >= 0.6 is 0 Å². The van der Waals surface area contributed by atoms with Gasteiger partial charge >= 0.3 is 18.0 Å². The fourth-order valence-electron chi connectivity index (χ4n) is 3.55. The average Bonchev–Trinajstić information content (AvgIpc) is 2.74. The molecule has 0 atom stereocenters. The van der Waals surface area contributed by atoms with Gasteiger partial charge in [-0.25, -0.2) is 14.4 Å². The van der Waals surface area contributed by atoms with Crippen LogP contribution in [-0.2, 0) is 23.8 Å². The standard InChI is InChI=1S/C24H34N2O6/c1-14(2)12-31-22(27)19-16(5)25-17(6)20(23(28)32-13-15(3)4)21(19)18-9-8-10-26(11-18)24(29)30-7/h8-10,14-15,21,25H,11-13H2,1-7H3. The van der Waals surface area contributed by atoms with Gasteiger partial charge in [-0.3, -0.25) is 4.90 Å². The van der Waals surface area contributed by atoms with Crippen LogP contribution in [-0.4, -0.2) is 49.8 Å². The largest absolute Gasteiger partial charge is 0.462 e. The third-order valence-corrected chi connectivity index (χ3v) is 5.00. The average molecular weight is 447 g/mol. The normalized spacial score (nSPS) is 16.9. The van der Waals surface area contributed by atoms with Crippen LogP contribution in [0.4, 0.5) is 4.79 Å². The van der Waals surface area contributed by atoms with E-state index in [1.54, 1.807) is 32.2 Å². The van der Waals surface area contributed by atoms with E-state index < -0.39 is 23.9 Å². The Morgan fingerprint density at radius 2 is 1.50 bits per heavy atom. The Bertz CT molecular complexity index is 833. The van der Waals surface area contributed by atoms with E-state index in [-0.39, 0.29) is 31.6 Å². The monoisotopic (exact) mass is 446 g/mol. The molecule has 0 aliphatic carbocycles. The van der Waals surface area contributed by atoms with Gasteiger partial charge in [-0.2, -0.15) is 0 Å². The number of carbonyl (C=O) groups excluding carboxylic acids is 3. The summed E-state index contributed by atoms with van der Waals surface area (Å²) in [6, 6.07) is 0. The smallest absolute Gasteiger partial charge is 0.413 e. The summed E-state index contributed by atoms with van der Waals surface area (Å²) in [5, 5.41) is 3.14. The maximum atomic E-state index is 13.1. The van der Waals surface area contributed by atoms with Crippen molar-refractivity contribution in [1.29, 1.82) is 0 Å². The van der Waals surface area contributed by atoms with Gasteiger partial charge in [0.1, 0.15) is 0 Å². The van der Waals surface area contributed by atoms with Gasteiger partial charge in [-0.05, 0) is 37.3 Å². The predicted molar refractivity (Wildman–Crippen MR) is 120 cm³/mol. The van der Waals surface area contributed by atoms with Crippen molar-refractivity contribution in [2.45, 2.75) is 41.5 Å². The number of allylic oxidation sites excluding steroid dienone is 4. The van der Waals surface area contributed by atoms with Gasteiger partial charge in [0.05, 0.1) is 38.0 Å². The van der Waals surface area contributed by atoms with Crippen LogP contribution in [0.3, 0.4) is 0 Å². The van der Waals surface area contributed by atoms with Crippen LogP contribution in [0.15, 0.2) is 46.5 Å². The van der Waals surface area contributed by atoms with E-state index >= 15 is 0 Å². The molecule has 0 saturated heterocycles. The summed E-state index contributed by atoms with van der Waals surface area (Å²) in [6.45, 7) is 12.0. The number of ether oxygens (including phenoxy) is 3. The lowest BCUT2D eigenvalue weighted by atomic mass is 9.79. The number of nitrogens with zero attached hydrogens (tertiary/aromatic N) is 1. The summed E-state index contributed by atoms with van der Waals surface area (Å²) in [6.07, 6.45) is 4.56. The Balaban J connectivity index is 2.50. The summed E-state index contributed by atoms with van der Waals surface area (Å²) in [4.78, 5) is 39.8. The minimum absolute atomic E-state index is 0.161. The van der Waals surface area contributed by atoms with Crippen LogP contribution in [0.25, 0.3) is 0 Å². The van der Waals surface area contributed by atoms with Crippen molar-refractivity contribution in [3.8, 4) is 0 Å². The van der Waals surface area contributed by atoms with Gasteiger partial charge in [0.2, 0.25) is 0 Å². The highest BCUT2D eigenvalue weighted by atomic mass is 16.5. The molecule has 0 saturated carbocycles. The first kappa shape index (κ1) is 25.2. The Morgan fingerprint density at radius 1 is 1.00 bits per heavy atom. The first-order valence-corrected chi connectivity index (χ1v) is 10.8. The van der Waals surface area contributed by atoms with Gasteiger partial charge in [0.25, 0.3) is 0 Å². The Kier molecular flexibility index (Phi) is 8.69. The highest BCUT2D eigenvalue weighted by molar-refractivity contribution is 5.99. The molecular weight excluding hydrogens is 412 g/mol. The van der Waals surface area contributed by atoms with Crippen molar-refractivity contribution >= 4 is 18.0 Å². The number of hydrogen-bond donors (Lipinski definition) is 1. The third kappa shape index (κ3) is 6.02. The molecule has 0 radical (unpaired) electrons. The molecule has 2 aliphatic rings. The van der Waals surface area contributed by atoms with E-state index in [4.69, 9.17) is 14.2 Å². The summed E-state index contributed by atoms with van der Waals surface area (Å²) in [7, 11) is 1.30. The molecule has 0 aromatic rings. The Labute approximate surface area is 189 Å². The molecule has 0 bridgehead atoms. The second kappa shape index (κ2) is 11.0. The number of methoxy groups -OCH3 is 1. The molecule has 2 heterocycles. The van der Waals surface area contributed by atoms with Crippen molar-refractivity contribution in [2.75, 3.05) is 26.9 Å². The van der Waals surface area contributed by atoms with Crippen molar-refractivity contribution in [2.24, 2.45) is 17.8 Å². The highest BCUT2D eigenvalue weighted by Crippen LogP contribution is 2.38. The van der Waals surface area contributed by atoms with Gasteiger partial charge in [-0.15, -0.1) is 0 Å². The molecule has 1 N–H and O–H groups in total. The second-order valence-electron chi connectivity index (χ2n) is 8.80. The number of esters is 2. The molecule has 8 nitrogen and oxygen atoms in total. The SMILES string of the molecule is COC(=O)N1C=CC=C(C2C(C(=O)OCC(C)C)=C(C)NC(C)=C2C(=O)OCC(C)C)C1. The summed E-state index contributed by atoms with van der Waals surface area (Å²) in [5.41, 5.74) is 2.55. The van der Waals surface area contributed by atoms with Crippen LogP contribution in [0.2, 0.25) is 0 Å². The predicted octanol–water partition coefficient (Wildman–Crippen LogP) is 3.67. The molecular formula is C24H34N2O6. The lowest BCUT2D eigenvalue weighted by Crippen LogP contribution is -2.38. The molecule has 0 aromatic heterocycles. The fourth-order valence-corrected chi connectivity index (χ4v) is 3.55. The van der Waals surface area contributed by atoms with Crippen LogP contribution < -0.4 is 5.32 Å². The van der Waals surface area contributed by atoms with Crippen LogP contribution in [0.5, 0.6) is 0 Å². The molecule has 2 aliphatic heterocycles. The zero-order chi connectivity index (χ0) is 24.0. The minimum Gasteiger partial charge on any atom is -0.462 e. The van der Waals surface area contributed by atoms with Gasteiger partial charge in [0, 0.05) is 23.5 Å². The van der Waals surface area contributed by atoms with E-state index in [9.17, 15) is 14.4 Å². The first-order valence-electron chi connectivity index (χ1n) is 10.8. The molecule has 0 aromatic carbocycles. The molecule has 176 valence electrons. The fraction of sp³-hybridized carbons (Fsp3) is 0.542. The quantitative estimate of drug-likeness (QED) is 0.471. The molecule has 1 amide bonds. The number of carbonyl (C=O) groups is 3. The number of nitrogens with one attached hydrogen (secondary N) is 1. The Morgan fingerprint density at radius 3 is 1.94 bits per heavy atom. The molecule has 32 heavy (non-hydrogen) atoms. The maximum absolute atomic E-state index is 13.1. The van der Waals surface area contributed by atoms with Gasteiger partial charge in [0.15, 0.2) is 0 Å². The summed E-state index contributed by atoms with van der Waals surface area (Å²) in [5.74, 6) is -1.40. The number of amides is 1. The second-order valence-corrected chi connectivity index (χ2v) is 8.80. The van der Waals surface area contributed by atoms with Crippen molar-refractivity contribution in [1.82, 2.24) is 10.2 Å². The molecule has 8 heteroatoms. The van der Waals surface area contributed by atoms with E-state index in [1.165, 1.54) is 12.0 Å². The van der Waals surface area contributed by atoms with Crippen molar-refractivity contribution < 1.29 is 28.6 Å². The summed E-state index contributed by atoms with van der Waals surface area (Å²) < 4.78 is 15.9. The third-order valence-electron chi connectivity index (χ3n) is 5.00. The highest BCUT2D eigenvalue weighted by Gasteiger charge is 2.40. The van der Waals surface area contributed by atoms with E-state index in [1.807, 2.05) is 27.7 Å². The lowest BCUT2D eigenvalue weighted by Gasteiger charge is -2.34. The maximum Gasteiger partial charge on any atom is 0.413 e. The number of hydrogen-bond acceptors (Lipinski definition) is 7. The van der Waals surface area contributed by atoms with Crippen LogP contribution in [0.1, 0.15) is 41.5 Å². The van der Waals surface area contributed by atoms with Gasteiger partial charge < -0.3 is 19.5 Å². The number of dihydropyridines is 1. The minimum atomic E-state index is -0.715. The number of rotatable bonds is 7. The molecule has 2 rings (SSSR count). The van der Waals surface area contributed by atoms with Crippen molar-refractivity contribution in [3.63, 3.8) is 0 Å². The van der Waals surface area contributed by atoms with Crippen molar-refractivity contribution in [3.05, 3.63) is 46.5 Å². The molecule has 0 fully saturated rings. The summed E-state index contributed by atoms with van der Waals surface area (Å²) >= 11 is 0.